The number of carbonyl (C=O) groups is 1. The predicted octanol–water partition coefficient (Wildman–Crippen LogP) is 4.50. The van der Waals surface area contributed by atoms with Crippen LogP contribution in [0.3, 0.4) is 0 Å². The lowest BCUT2D eigenvalue weighted by Crippen LogP contribution is -2.40. The zero-order chi connectivity index (χ0) is 15.5. The molecule has 0 atom stereocenters. The Balaban J connectivity index is 1.90. The molecule has 1 aromatic rings. The number of benzene rings is 1. The maximum atomic E-state index is 12.4. The number of piperidine rings is 1. The second kappa shape index (κ2) is 6.74. The highest BCUT2D eigenvalue weighted by atomic mass is 16.1. The molecule has 0 aromatic heterocycles. The van der Waals surface area contributed by atoms with Crippen LogP contribution < -0.4 is 0 Å². The number of ketones is 1. The van der Waals surface area contributed by atoms with Gasteiger partial charge in [0.25, 0.3) is 0 Å². The third-order valence-electron chi connectivity index (χ3n) is 5.18. The van der Waals surface area contributed by atoms with Gasteiger partial charge in [-0.25, -0.2) is 0 Å². The van der Waals surface area contributed by atoms with Crippen molar-refractivity contribution in [3.05, 3.63) is 35.4 Å². The molecule has 0 amide bonds. The Morgan fingerprint density at radius 2 is 1.76 bits per heavy atom. The van der Waals surface area contributed by atoms with Gasteiger partial charge < -0.3 is 0 Å². The molecule has 0 N–H and O–H groups in total. The van der Waals surface area contributed by atoms with Crippen LogP contribution in [0.15, 0.2) is 24.3 Å². The monoisotopic (exact) mass is 287 g/mol. The van der Waals surface area contributed by atoms with E-state index in [-0.39, 0.29) is 5.78 Å². The van der Waals surface area contributed by atoms with Crippen LogP contribution >= 0.6 is 0 Å². The Morgan fingerprint density at radius 1 is 1.19 bits per heavy atom. The lowest BCUT2D eigenvalue weighted by Gasteiger charge is -2.38. The van der Waals surface area contributed by atoms with Crippen LogP contribution in [0.25, 0.3) is 0 Å². The van der Waals surface area contributed by atoms with E-state index < -0.39 is 0 Å². The van der Waals surface area contributed by atoms with Gasteiger partial charge in [-0.2, -0.15) is 0 Å². The van der Waals surface area contributed by atoms with E-state index in [0.29, 0.717) is 17.9 Å². The van der Waals surface area contributed by atoms with E-state index in [9.17, 15) is 4.79 Å². The molecule has 0 spiro atoms. The summed E-state index contributed by atoms with van der Waals surface area (Å²) in [5.74, 6) is 0.772. The summed E-state index contributed by atoms with van der Waals surface area (Å²) in [7, 11) is 0. The summed E-state index contributed by atoms with van der Waals surface area (Å²) >= 11 is 0. The van der Waals surface area contributed by atoms with Crippen molar-refractivity contribution in [3.8, 4) is 0 Å². The fourth-order valence-electron chi connectivity index (χ4n) is 2.95. The minimum atomic E-state index is 0.255. The molecule has 2 nitrogen and oxygen atoms in total. The highest BCUT2D eigenvalue weighted by Crippen LogP contribution is 2.33. The Hall–Kier alpha value is -1.15. The molecule has 1 fully saturated rings. The van der Waals surface area contributed by atoms with Gasteiger partial charge in [-0.3, -0.25) is 9.69 Å². The molecule has 0 aliphatic carbocycles. The van der Waals surface area contributed by atoms with Crippen molar-refractivity contribution in [2.45, 2.75) is 52.9 Å². The van der Waals surface area contributed by atoms with Crippen LogP contribution in [0.2, 0.25) is 0 Å². The minimum Gasteiger partial charge on any atom is -0.296 e. The molecule has 0 saturated carbocycles. The molecule has 2 rings (SSSR count). The summed E-state index contributed by atoms with van der Waals surface area (Å²) in [6, 6.07) is 8.14. The van der Waals surface area contributed by atoms with Gasteiger partial charge in [-0.15, -0.1) is 0 Å². The molecule has 1 saturated heterocycles. The van der Waals surface area contributed by atoms with E-state index in [1.807, 2.05) is 12.1 Å². The Kier molecular flexibility index (Phi) is 5.21. The van der Waals surface area contributed by atoms with Crippen molar-refractivity contribution >= 4 is 5.78 Å². The van der Waals surface area contributed by atoms with Crippen molar-refractivity contribution in [2.24, 2.45) is 5.41 Å². The Bertz CT molecular complexity index is 467. The molecular formula is C19H29NO. The molecule has 1 aromatic carbocycles. The number of carbonyl (C=O) groups excluding carboxylic acids is 1. The molecule has 116 valence electrons. The number of hydrogen-bond acceptors (Lipinski definition) is 2. The zero-order valence-electron chi connectivity index (χ0n) is 14.0. The fraction of sp³-hybridized carbons (Fsp3) is 0.632. The van der Waals surface area contributed by atoms with Gasteiger partial charge in [0.15, 0.2) is 5.78 Å². The fourth-order valence-corrected chi connectivity index (χ4v) is 2.95. The van der Waals surface area contributed by atoms with Gasteiger partial charge in [0, 0.05) is 5.56 Å². The lowest BCUT2D eigenvalue weighted by molar-refractivity contribution is 0.0813. The maximum absolute atomic E-state index is 12.4. The van der Waals surface area contributed by atoms with Gasteiger partial charge >= 0.3 is 0 Å². The third-order valence-corrected chi connectivity index (χ3v) is 5.18. The van der Waals surface area contributed by atoms with Gasteiger partial charge in [0.05, 0.1) is 6.54 Å². The summed E-state index contributed by atoms with van der Waals surface area (Å²) in [4.78, 5) is 14.7. The average Bonchev–Trinajstić information content (AvgIpc) is 2.50. The van der Waals surface area contributed by atoms with Crippen LogP contribution in [0, 0.1) is 5.41 Å². The van der Waals surface area contributed by atoms with Gasteiger partial charge in [0.1, 0.15) is 0 Å². The largest absolute Gasteiger partial charge is 0.296 e. The first-order valence-corrected chi connectivity index (χ1v) is 8.29. The number of nitrogens with zero attached hydrogens (tertiary/aromatic N) is 1. The lowest BCUT2D eigenvalue weighted by atomic mass is 9.78. The summed E-state index contributed by atoms with van der Waals surface area (Å²) in [5.41, 5.74) is 2.63. The molecule has 1 aliphatic rings. The molecule has 0 radical (unpaired) electrons. The zero-order valence-corrected chi connectivity index (χ0v) is 14.0. The first-order valence-electron chi connectivity index (χ1n) is 8.29. The van der Waals surface area contributed by atoms with Crippen LogP contribution in [-0.2, 0) is 0 Å². The number of rotatable bonds is 5. The van der Waals surface area contributed by atoms with Crippen molar-refractivity contribution < 1.29 is 4.79 Å². The average molecular weight is 287 g/mol. The van der Waals surface area contributed by atoms with Crippen molar-refractivity contribution in [3.63, 3.8) is 0 Å². The van der Waals surface area contributed by atoms with E-state index in [2.05, 4.69) is 44.7 Å². The summed E-state index contributed by atoms with van der Waals surface area (Å²) in [6.45, 7) is 11.7. The molecule has 2 heteroatoms. The molecular weight excluding hydrogens is 258 g/mol. The maximum Gasteiger partial charge on any atom is 0.176 e. The van der Waals surface area contributed by atoms with Crippen LogP contribution in [-0.4, -0.2) is 30.3 Å². The van der Waals surface area contributed by atoms with Crippen molar-refractivity contribution in [1.29, 1.82) is 0 Å². The number of hydrogen-bond donors (Lipinski definition) is 0. The normalized spacial score (nSPS) is 18.9. The second-order valence-electron chi connectivity index (χ2n) is 7.14. The number of likely N-dealkylation sites (tertiary alicyclic amines) is 1. The van der Waals surface area contributed by atoms with E-state index >= 15 is 0 Å². The summed E-state index contributed by atoms with van der Waals surface area (Å²) in [6.07, 6.45) is 3.66. The smallest absolute Gasteiger partial charge is 0.176 e. The Labute approximate surface area is 129 Å². The first kappa shape index (κ1) is 16.2. The van der Waals surface area contributed by atoms with Gasteiger partial charge in [-0.05, 0) is 42.8 Å². The molecule has 21 heavy (non-hydrogen) atoms. The first-order chi connectivity index (χ1) is 9.93. The number of Topliss-reactive ketones (excluding diaryl/α,β-unsaturated/α-hetero) is 1. The summed E-state index contributed by atoms with van der Waals surface area (Å²) in [5, 5.41) is 0. The molecule has 1 aliphatic heterocycles. The van der Waals surface area contributed by atoms with E-state index in [1.165, 1.54) is 24.8 Å². The predicted molar refractivity (Wildman–Crippen MR) is 88.9 cm³/mol. The van der Waals surface area contributed by atoms with E-state index in [1.54, 1.807) is 0 Å². The highest BCUT2D eigenvalue weighted by molar-refractivity contribution is 5.97. The molecule has 0 unspecified atom stereocenters. The SMILES string of the molecule is CCC1(C)CCN(CC(=O)c2ccc(C(C)C)cc2)CC1. The molecule has 1 heterocycles. The van der Waals surface area contributed by atoms with Crippen molar-refractivity contribution in [2.75, 3.05) is 19.6 Å². The molecule has 0 bridgehead atoms. The van der Waals surface area contributed by atoms with Crippen LogP contribution in [0.1, 0.15) is 68.8 Å². The van der Waals surface area contributed by atoms with Crippen molar-refractivity contribution in [1.82, 2.24) is 4.90 Å². The van der Waals surface area contributed by atoms with Gasteiger partial charge in [-0.1, -0.05) is 58.4 Å². The van der Waals surface area contributed by atoms with Crippen LogP contribution in [0.5, 0.6) is 0 Å². The Morgan fingerprint density at radius 3 is 2.24 bits per heavy atom. The topological polar surface area (TPSA) is 20.3 Å². The standard InChI is InChI=1S/C19H29NO/c1-5-19(4)10-12-20(13-11-19)14-18(21)17-8-6-16(7-9-17)15(2)3/h6-9,15H,5,10-14H2,1-4H3. The second-order valence-corrected chi connectivity index (χ2v) is 7.14. The van der Waals surface area contributed by atoms with Crippen LogP contribution in [0.4, 0.5) is 0 Å². The third kappa shape index (κ3) is 4.16. The van der Waals surface area contributed by atoms with E-state index in [4.69, 9.17) is 0 Å². The van der Waals surface area contributed by atoms with E-state index in [0.717, 1.165) is 18.7 Å². The van der Waals surface area contributed by atoms with Gasteiger partial charge in [0.2, 0.25) is 0 Å². The summed E-state index contributed by atoms with van der Waals surface area (Å²) < 4.78 is 0. The highest BCUT2D eigenvalue weighted by Gasteiger charge is 2.28. The quantitative estimate of drug-likeness (QED) is 0.743. The minimum absolute atomic E-state index is 0.255.